The predicted octanol–water partition coefficient (Wildman–Crippen LogP) is 1.55. The van der Waals surface area contributed by atoms with E-state index >= 15 is 0 Å². The summed E-state index contributed by atoms with van der Waals surface area (Å²) in [6.45, 7) is 1.27. The number of Topliss-reactive ketones (excluding diaryl/α,β-unsaturated/α-hetero) is 1. The van der Waals surface area contributed by atoms with E-state index in [0.29, 0.717) is 26.2 Å². The van der Waals surface area contributed by atoms with Crippen molar-refractivity contribution in [3.8, 4) is 0 Å². The minimum atomic E-state index is -1.01. The second-order valence-corrected chi connectivity index (χ2v) is 4.50. The third-order valence-electron chi connectivity index (χ3n) is 3.12. The van der Waals surface area contributed by atoms with Crippen molar-refractivity contribution in [1.29, 1.82) is 0 Å². The lowest BCUT2D eigenvalue weighted by Gasteiger charge is -2.16. The number of nitrogens with zero attached hydrogens (tertiary/aromatic N) is 1. The highest BCUT2D eigenvalue weighted by Gasteiger charge is 2.40. The van der Waals surface area contributed by atoms with Crippen LogP contribution in [0.2, 0.25) is 0 Å². The van der Waals surface area contributed by atoms with E-state index in [0.717, 1.165) is 17.0 Å². The number of carbonyl (C=O) groups excluding carboxylic acids is 2. The maximum Gasteiger partial charge on any atom is 0.299 e. The molecule has 0 atom stereocenters. The van der Waals surface area contributed by atoms with Gasteiger partial charge in [0.25, 0.3) is 11.7 Å². The summed E-state index contributed by atoms with van der Waals surface area (Å²) in [5.41, 5.74) is -0.762. The van der Waals surface area contributed by atoms with Crippen LogP contribution in [0.15, 0.2) is 12.1 Å². The Morgan fingerprint density at radius 1 is 1.10 bits per heavy atom. The summed E-state index contributed by atoms with van der Waals surface area (Å²) in [5, 5.41) is 0. The third kappa shape index (κ3) is 3.08. The average molecular weight is 299 g/mol. The van der Waals surface area contributed by atoms with Gasteiger partial charge in [0, 0.05) is 20.3 Å². The van der Waals surface area contributed by atoms with Crippen LogP contribution < -0.4 is 4.90 Å². The normalized spacial score (nSPS) is 14.0. The quantitative estimate of drug-likeness (QED) is 0.566. The number of rotatable bonds is 7. The number of carbonyl (C=O) groups is 2. The molecule has 0 unspecified atom stereocenters. The standard InChI is InChI=1S/C14H15F2NO4/c1-20-7-8-21-6-2-5-17-12-10(16)4-3-9(15)11(12)13(18)14(17)19/h3-4H,2,5-8H2,1H3. The van der Waals surface area contributed by atoms with E-state index < -0.39 is 28.9 Å². The summed E-state index contributed by atoms with van der Waals surface area (Å²) < 4.78 is 37.4. The van der Waals surface area contributed by atoms with E-state index in [2.05, 4.69) is 0 Å². The van der Waals surface area contributed by atoms with Crippen molar-refractivity contribution in [1.82, 2.24) is 0 Å². The highest BCUT2D eigenvalue weighted by Crippen LogP contribution is 2.33. The summed E-state index contributed by atoms with van der Waals surface area (Å²) in [6.07, 6.45) is 0.401. The Kier molecular flexibility index (Phi) is 4.98. The number of ether oxygens (including phenoxy) is 2. The zero-order chi connectivity index (χ0) is 15.4. The molecule has 5 nitrogen and oxygen atoms in total. The molecule has 0 bridgehead atoms. The second-order valence-electron chi connectivity index (χ2n) is 4.50. The molecule has 0 saturated heterocycles. The fourth-order valence-electron chi connectivity index (χ4n) is 2.13. The smallest absolute Gasteiger partial charge is 0.299 e. The van der Waals surface area contributed by atoms with E-state index in [4.69, 9.17) is 9.47 Å². The zero-order valence-corrected chi connectivity index (χ0v) is 11.5. The Morgan fingerprint density at radius 3 is 2.52 bits per heavy atom. The van der Waals surface area contributed by atoms with Crippen molar-refractivity contribution in [2.24, 2.45) is 0 Å². The fourth-order valence-corrected chi connectivity index (χ4v) is 2.13. The van der Waals surface area contributed by atoms with Crippen molar-refractivity contribution < 1.29 is 27.8 Å². The lowest BCUT2D eigenvalue weighted by atomic mass is 10.1. The number of ketones is 1. The Bertz CT molecular complexity index is 562. The van der Waals surface area contributed by atoms with E-state index in [-0.39, 0.29) is 12.2 Å². The van der Waals surface area contributed by atoms with Gasteiger partial charge < -0.3 is 14.4 Å². The van der Waals surface area contributed by atoms with E-state index in [1.807, 2.05) is 0 Å². The number of hydrogen-bond acceptors (Lipinski definition) is 4. The zero-order valence-electron chi connectivity index (χ0n) is 11.5. The van der Waals surface area contributed by atoms with Gasteiger partial charge in [0.2, 0.25) is 0 Å². The molecule has 1 aromatic rings. The van der Waals surface area contributed by atoms with Crippen LogP contribution >= 0.6 is 0 Å². The predicted molar refractivity (Wildman–Crippen MR) is 70.4 cm³/mol. The van der Waals surface area contributed by atoms with Gasteiger partial charge in [0.1, 0.15) is 11.6 Å². The van der Waals surface area contributed by atoms with Gasteiger partial charge in [-0.1, -0.05) is 0 Å². The summed E-state index contributed by atoms with van der Waals surface area (Å²) >= 11 is 0. The molecule has 114 valence electrons. The monoisotopic (exact) mass is 299 g/mol. The van der Waals surface area contributed by atoms with Gasteiger partial charge >= 0.3 is 0 Å². The van der Waals surface area contributed by atoms with Gasteiger partial charge in [-0.3, -0.25) is 9.59 Å². The van der Waals surface area contributed by atoms with Crippen LogP contribution in [-0.4, -0.2) is 45.2 Å². The van der Waals surface area contributed by atoms with Crippen molar-refractivity contribution in [3.63, 3.8) is 0 Å². The number of hydrogen-bond donors (Lipinski definition) is 0. The molecule has 2 rings (SSSR count). The number of anilines is 1. The molecule has 21 heavy (non-hydrogen) atoms. The van der Waals surface area contributed by atoms with Crippen molar-refractivity contribution in [2.75, 3.05) is 38.4 Å². The van der Waals surface area contributed by atoms with Crippen molar-refractivity contribution >= 4 is 17.4 Å². The lowest BCUT2D eigenvalue weighted by Crippen LogP contribution is -2.31. The summed E-state index contributed by atoms with van der Waals surface area (Å²) in [4.78, 5) is 24.5. The molecule has 7 heteroatoms. The molecule has 0 radical (unpaired) electrons. The molecule has 1 aliphatic rings. The van der Waals surface area contributed by atoms with E-state index in [9.17, 15) is 18.4 Å². The summed E-state index contributed by atoms with van der Waals surface area (Å²) in [7, 11) is 1.55. The Labute approximate surface area is 120 Å². The maximum absolute atomic E-state index is 13.8. The van der Waals surface area contributed by atoms with Gasteiger partial charge in [-0.15, -0.1) is 0 Å². The highest BCUT2D eigenvalue weighted by atomic mass is 19.1. The molecule has 0 spiro atoms. The van der Waals surface area contributed by atoms with Gasteiger partial charge in [-0.05, 0) is 18.6 Å². The van der Waals surface area contributed by atoms with Crippen LogP contribution in [0.4, 0.5) is 14.5 Å². The van der Waals surface area contributed by atoms with Gasteiger partial charge in [-0.2, -0.15) is 0 Å². The molecular formula is C14H15F2NO4. The van der Waals surface area contributed by atoms with Crippen LogP contribution in [0.1, 0.15) is 16.8 Å². The van der Waals surface area contributed by atoms with Gasteiger partial charge in [0.05, 0.1) is 24.5 Å². The first-order valence-electron chi connectivity index (χ1n) is 6.48. The number of amides is 1. The molecule has 0 aliphatic carbocycles. The molecule has 0 N–H and O–H groups in total. The third-order valence-corrected chi connectivity index (χ3v) is 3.12. The molecule has 1 heterocycles. The molecule has 0 aromatic heterocycles. The topological polar surface area (TPSA) is 55.8 Å². The van der Waals surface area contributed by atoms with E-state index in [1.165, 1.54) is 0 Å². The van der Waals surface area contributed by atoms with Crippen LogP contribution in [0.25, 0.3) is 0 Å². The molecule has 1 aromatic carbocycles. The number of fused-ring (bicyclic) bond motifs is 1. The van der Waals surface area contributed by atoms with Gasteiger partial charge in [0.15, 0.2) is 0 Å². The van der Waals surface area contributed by atoms with Crippen molar-refractivity contribution in [3.05, 3.63) is 29.3 Å². The number of benzene rings is 1. The number of methoxy groups -OCH3 is 1. The Balaban J connectivity index is 2.04. The first-order chi connectivity index (χ1) is 10.1. The van der Waals surface area contributed by atoms with Crippen molar-refractivity contribution in [2.45, 2.75) is 6.42 Å². The minimum absolute atomic E-state index is 0.0882. The molecule has 1 amide bonds. The SMILES string of the molecule is COCCOCCCN1C(=O)C(=O)c2c(F)ccc(F)c21. The first-order valence-corrected chi connectivity index (χ1v) is 6.48. The molecule has 0 fully saturated rings. The Morgan fingerprint density at radius 2 is 1.81 bits per heavy atom. The van der Waals surface area contributed by atoms with Crippen LogP contribution in [-0.2, 0) is 14.3 Å². The lowest BCUT2D eigenvalue weighted by molar-refractivity contribution is -0.114. The minimum Gasteiger partial charge on any atom is -0.382 e. The average Bonchev–Trinajstić information content (AvgIpc) is 2.72. The number of halogens is 2. The summed E-state index contributed by atoms with van der Waals surface area (Å²) in [5.74, 6) is -3.59. The van der Waals surface area contributed by atoms with Gasteiger partial charge in [-0.25, -0.2) is 8.78 Å². The molecule has 0 saturated carbocycles. The second kappa shape index (κ2) is 6.73. The Hall–Kier alpha value is -1.86. The first kappa shape index (κ1) is 15.5. The maximum atomic E-state index is 13.8. The highest BCUT2D eigenvalue weighted by molar-refractivity contribution is 6.52. The largest absolute Gasteiger partial charge is 0.382 e. The molecular weight excluding hydrogens is 284 g/mol. The summed E-state index contributed by atoms with van der Waals surface area (Å²) in [6, 6.07) is 1.75. The van der Waals surface area contributed by atoms with Crippen LogP contribution in [0.5, 0.6) is 0 Å². The molecule has 1 aliphatic heterocycles. The van der Waals surface area contributed by atoms with Crippen LogP contribution in [0, 0.1) is 11.6 Å². The van der Waals surface area contributed by atoms with Crippen LogP contribution in [0.3, 0.4) is 0 Å². The fraction of sp³-hybridized carbons (Fsp3) is 0.429. The van der Waals surface area contributed by atoms with E-state index in [1.54, 1.807) is 7.11 Å².